The van der Waals surface area contributed by atoms with E-state index in [0.29, 0.717) is 28.1 Å². The van der Waals surface area contributed by atoms with Crippen molar-refractivity contribution in [1.29, 1.82) is 0 Å². The van der Waals surface area contributed by atoms with Gasteiger partial charge in [-0.3, -0.25) is 0 Å². The predicted molar refractivity (Wildman–Crippen MR) is 130 cm³/mol. The van der Waals surface area contributed by atoms with Crippen LogP contribution in [0.2, 0.25) is 0 Å². The molecule has 0 bridgehead atoms. The molecule has 1 nitrogen and oxygen atoms in total. The van der Waals surface area contributed by atoms with E-state index in [0.717, 1.165) is 23.8 Å². The molecule has 0 radical (unpaired) electrons. The van der Waals surface area contributed by atoms with E-state index in [1.165, 1.54) is 38.5 Å². The maximum Gasteiger partial charge on any atom is 0.0645 e. The van der Waals surface area contributed by atoms with Gasteiger partial charge in [-0.15, -0.1) is 0 Å². The quantitative estimate of drug-likeness (QED) is 0.348. The summed E-state index contributed by atoms with van der Waals surface area (Å²) in [5, 5.41) is 10.0. The largest absolute Gasteiger partial charge is 0.392 e. The molecule has 3 rings (SSSR count). The van der Waals surface area contributed by atoms with Crippen molar-refractivity contribution in [2.24, 2.45) is 39.9 Å². The summed E-state index contributed by atoms with van der Waals surface area (Å²) >= 11 is 0. The monoisotopic (exact) mass is 410 g/mol. The van der Waals surface area contributed by atoms with Crippen LogP contribution in [0.5, 0.6) is 0 Å². The van der Waals surface area contributed by atoms with Crippen molar-refractivity contribution in [2.75, 3.05) is 6.61 Å². The van der Waals surface area contributed by atoms with Gasteiger partial charge in [-0.25, -0.2) is 0 Å². The summed E-state index contributed by atoms with van der Waals surface area (Å²) in [5.41, 5.74) is 4.03. The summed E-state index contributed by atoms with van der Waals surface area (Å²) in [5.74, 6) is 2.72. The van der Waals surface area contributed by atoms with Gasteiger partial charge in [0.25, 0.3) is 0 Å². The number of rotatable bonds is 6. The van der Waals surface area contributed by atoms with Crippen molar-refractivity contribution in [3.63, 3.8) is 0 Å². The van der Waals surface area contributed by atoms with E-state index in [1.807, 2.05) is 12.2 Å². The van der Waals surface area contributed by atoms with E-state index < -0.39 is 0 Å². The van der Waals surface area contributed by atoms with Crippen LogP contribution in [-0.4, -0.2) is 11.7 Å². The fourth-order valence-corrected chi connectivity index (χ4v) is 7.93. The minimum atomic E-state index is 0.151. The molecule has 3 aliphatic rings. The van der Waals surface area contributed by atoms with Gasteiger partial charge in [-0.2, -0.15) is 0 Å². The van der Waals surface area contributed by atoms with E-state index >= 15 is 0 Å². The molecule has 0 aromatic rings. The van der Waals surface area contributed by atoms with Crippen molar-refractivity contribution in [3.8, 4) is 0 Å². The Labute approximate surface area is 186 Å². The third kappa shape index (κ3) is 4.29. The zero-order chi connectivity index (χ0) is 22.2. The van der Waals surface area contributed by atoms with Gasteiger partial charge >= 0.3 is 0 Å². The van der Waals surface area contributed by atoms with Crippen LogP contribution in [0.25, 0.3) is 0 Å². The topological polar surface area (TPSA) is 20.2 Å². The molecule has 5 atom stereocenters. The summed E-state index contributed by atoms with van der Waals surface area (Å²) in [4.78, 5) is 0. The highest BCUT2D eigenvalue weighted by molar-refractivity contribution is 5.27. The Hall–Kier alpha value is -1.08. The smallest absolute Gasteiger partial charge is 0.0645 e. The third-order valence-corrected chi connectivity index (χ3v) is 9.29. The van der Waals surface area contributed by atoms with Crippen molar-refractivity contribution in [2.45, 2.75) is 86.5 Å². The number of fused-ring (bicyclic) bond motifs is 3. The number of hydrogen-bond acceptors (Lipinski definition) is 1. The second-order valence-corrected chi connectivity index (χ2v) is 12.0. The van der Waals surface area contributed by atoms with Crippen molar-refractivity contribution < 1.29 is 5.11 Å². The van der Waals surface area contributed by atoms with Crippen LogP contribution < -0.4 is 0 Å². The first-order chi connectivity index (χ1) is 14.1. The first-order valence-electron chi connectivity index (χ1n) is 12.4. The fraction of sp³-hybridized carbons (Fsp3) is 0.724. The van der Waals surface area contributed by atoms with Gasteiger partial charge in [-0.05, 0) is 84.0 Å². The lowest BCUT2D eigenvalue weighted by Gasteiger charge is -2.64. The second kappa shape index (κ2) is 8.81. The molecule has 0 saturated heterocycles. The Morgan fingerprint density at radius 1 is 1.13 bits per heavy atom. The molecule has 4 unspecified atom stereocenters. The number of aliphatic hydroxyl groups excluding tert-OH is 1. The second-order valence-electron chi connectivity index (χ2n) is 12.0. The summed E-state index contributed by atoms with van der Waals surface area (Å²) < 4.78 is 0. The van der Waals surface area contributed by atoms with E-state index in [-0.39, 0.29) is 6.61 Å². The third-order valence-electron chi connectivity index (χ3n) is 9.29. The summed E-state index contributed by atoms with van der Waals surface area (Å²) in [6, 6.07) is 0. The van der Waals surface area contributed by atoms with Crippen LogP contribution >= 0.6 is 0 Å². The van der Waals surface area contributed by atoms with E-state index in [4.69, 9.17) is 0 Å². The van der Waals surface area contributed by atoms with Crippen LogP contribution in [-0.2, 0) is 0 Å². The Bertz CT molecular complexity index is 721. The van der Waals surface area contributed by atoms with Gasteiger partial charge in [0.15, 0.2) is 0 Å². The highest BCUT2D eigenvalue weighted by atomic mass is 16.3. The molecule has 1 heteroatoms. The van der Waals surface area contributed by atoms with Gasteiger partial charge in [0.05, 0.1) is 6.61 Å². The summed E-state index contributed by atoms with van der Waals surface area (Å²) in [6.07, 6.45) is 19.7. The highest BCUT2D eigenvalue weighted by Crippen LogP contribution is 2.67. The molecule has 0 amide bonds. The van der Waals surface area contributed by atoms with Crippen molar-refractivity contribution >= 4 is 0 Å². The lowest BCUT2D eigenvalue weighted by molar-refractivity contribution is -0.125. The molecule has 0 spiro atoms. The molecular weight excluding hydrogens is 364 g/mol. The molecule has 0 aliphatic heterocycles. The van der Waals surface area contributed by atoms with Gasteiger partial charge in [0.1, 0.15) is 0 Å². The van der Waals surface area contributed by atoms with Crippen LogP contribution in [0.15, 0.2) is 48.1 Å². The average Bonchev–Trinajstić information content (AvgIpc) is 2.66. The van der Waals surface area contributed by atoms with Gasteiger partial charge in [0, 0.05) is 0 Å². The number of allylic oxidation sites excluding steroid dienone is 6. The molecular formula is C29H46O. The number of hydrogen-bond donors (Lipinski definition) is 1. The van der Waals surface area contributed by atoms with E-state index in [1.54, 1.807) is 11.6 Å². The fourth-order valence-electron chi connectivity index (χ4n) is 7.93. The van der Waals surface area contributed by atoms with Crippen LogP contribution in [0.1, 0.15) is 86.5 Å². The van der Waals surface area contributed by atoms with Gasteiger partial charge in [-0.1, -0.05) is 90.5 Å². The predicted octanol–water partition coefficient (Wildman–Crippen LogP) is 7.89. The van der Waals surface area contributed by atoms with E-state index in [2.05, 4.69) is 60.3 Å². The first kappa shape index (κ1) is 23.6. The minimum Gasteiger partial charge on any atom is -0.392 e. The van der Waals surface area contributed by atoms with E-state index in [9.17, 15) is 5.11 Å². The van der Waals surface area contributed by atoms with Crippen molar-refractivity contribution in [3.05, 3.63) is 48.1 Å². The van der Waals surface area contributed by atoms with Crippen molar-refractivity contribution in [1.82, 2.24) is 0 Å². The molecule has 1 N–H and O–H groups in total. The average molecular weight is 411 g/mol. The van der Waals surface area contributed by atoms with Gasteiger partial charge in [0.2, 0.25) is 0 Å². The first-order valence-corrected chi connectivity index (χ1v) is 12.4. The summed E-state index contributed by atoms with van der Waals surface area (Å²) in [7, 11) is 0. The van der Waals surface area contributed by atoms with Crippen LogP contribution in [0, 0.1) is 39.9 Å². The lowest BCUT2D eigenvalue weighted by Crippen LogP contribution is -2.56. The Balaban J connectivity index is 1.97. The molecule has 2 fully saturated rings. The SMILES string of the molecule is C=C/C=C\C=C(/CO)CC1CC2C3(C)CCCC(C)(C)C3CC[C@]2(C)C=C1C(C)C. The highest BCUT2D eigenvalue weighted by Gasteiger charge is 2.59. The number of aliphatic hydroxyl groups is 1. The maximum atomic E-state index is 10.0. The van der Waals surface area contributed by atoms with Crippen LogP contribution in [0.4, 0.5) is 0 Å². The molecule has 30 heavy (non-hydrogen) atoms. The Morgan fingerprint density at radius 2 is 1.87 bits per heavy atom. The molecule has 168 valence electrons. The standard InChI is InChI=1S/C29H46O/c1-8-9-10-12-22(20-30)17-23-18-26-28(6,19-24(23)21(2)3)16-13-25-27(4,5)14-11-15-29(25,26)7/h8-10,12,19,21,23,25-26,30H,1,11,13-18,20H2,2-7H3/b10-9-,22-12-/t23?,25?,26?,28-,29?/m1/s1. The zero-order valence-corrected chi connectivity index (χ0v) is 20.5. The molecule has 0 aromatic carbocycles. The zero-order valence-electron chi connectivity index (χ0n) is 20.5. The minimum absolute atomic E-state index is 0.151. The molecule has 3 aliphatic carbocycles. The Morgan fingerprint density at radius 3 is 2.50 bits per heavy atom. The van der Waals surface area contributed by atoms with Crippen LogP contribution in [0.3, 0.4) is 0 Å². The van der Waals surface area contributed by atoms with Gasteiger partial charge < -0.3 is 5.11 Å². The normalized spacial score (nSPS) is 38.9. The molecule has 2 saturated carbocycles. The summed E-state index contributed by atoms with van der Waals surface area (Å²) in [6.45, 7) is 18.9. The Kier molecular flexibility index (Phi) is 6.93. The maximum absolute atomic E-state index is 10.0. The molecule has 0 heterocycles. The molecule has 0 aromatic heterocycles. The lowest BCUT2D eigenvalue weighted by atomic mass is 9.41.